The van der Waals surface area contributed by atoms with Crippen molar-refractivity contribution in [2.45, 2.75) is 26.2 Å². The first-order chi connectivity index (χ1) is 10.2. The Morgan fingerprint density at radius 1 is 1.05 bits per heavy atom. The van der Waals surface area contributed by atoms with Crippen molar-refractivity contribution >= 4 is 17.3 Å². The lowest BCUT2D eigenvalue weighted by Crippen LogP contribution is -2.11. The van der Waals surface area contributed by atoms with E-state index in [1.54, 1.807) is 0 Å². The average Bonchev–Trinajstić information content (AvgIpc) is 2.53. The van der Waals surface area contributed by atoms with Gasteiger partial charge in [-0.1, -0.05) is 50.2 Å². The van der Waals surface area contributed by atoms with Gasteiger partial charge in [0, 0.05) is 24.3 Å². The molecule has 2 aromatic rings. The molecule has 0 aromatic heterocycles. The number of nitrogens with one attached hydrogen (secondary N) is 2. The third-order valence-electron chi connectivity index (χ3n) is 3.45. The van der Waals surface area contributed by atoms with Gasteiger partial charge in [-0.25, -0.2) is 0 Å². The van der Waals surface area contributed by atoms with E-state index in [4.69, 9.17) is 0 Å². The van der Waals surface area contributed by atoms with Crippen LogP contribution in [0.5, 0.6) is 0 Å². The van der Waals surface area contributed by atoms with Crippen LogP contribution >= 0.6 is 0 Å². The van der Waals surface area contributed by atoms with Crippen LogP contribution < -0.4 is 10.6 Å². The van der Waals surface area contributed by atoms with Crippen molar-refractivity contribution in [3.63, 3.8) is 0 Å². The van der Waals surface area contributed by atoms with E-state index in [1.165, 1.54) is 5.56 Å². The molecule has 0 aliphatic rings. The Kier molecular flexibility index (Phi) is 5.38. The Balaban J connectivity index is 1.94. The summed E-state index contributed by atoms with van der Waals surface area (Å²) in [6, 6.07) is 18.3. The Morgan fingerprint density at radius 2 is 1.76 bits per heavy atom. The first-order valence-electron chi connectivity index (χ1n) is 7.37. The van der Waals surface area contributed by atoms with Crippen LogP contribution in [0, 0.1) is 0 Å². The molecule has 21 heavy (non-hydrogen) atoms. The van der Waals surface area contributed by atoms with Gasteiger partial charge in [-0.05, 0) is 29.7 Å². The van der Waals surface area contributed by atoms with Crippen LogP contribution in [-0.4, -0.2) is 12.5 Å². The summed E-state index contributed by atoms with van der Waals surface area (Å²) >= 11 is 0. The third kappa shape index (κ3) is 4.63. The van der Waals surface area contributed by atoms with Crippen LogP contribution in [0.3, 0.4) is 0 Å². The number of anilines is 2. The number of hydrogen-bond acceptors (Lipinski definition) is 2. The van der Waals surface area contributed by atoms with Crippen molar-refractivity contribution < 1.29 is 4.79 Å². The highest BCUT2D eigenvalue weighted by molar-refractivity contribution is 5.90. The van der Waals surface area contributed by atoms with E-state index in [1.807, 2.05) is 37.3 Å². The van der Waals surface area contributed by atoms with Crippen molar-refractivity contribution in [1.29, 1.82) is 0 Å². The van der Waals surface area contributed by atoms with Gasteiger partial charge in [0.15, 0.2) is 0 Å². The normalized spacial score (nSPS) is 11.7. The summed E-state index contributed by atoms with van der Waals surface area (Å²) in [5.74, 6) is 0.463. The molecule has 110 valence electrons. The summed E-state index contributed by atoms with van der Waals surface area (Å²) in [6.07, 6.45) is 0.489. The van der Waals surface area contributed by atoms with Gasteiger partial charge >= 0.3 is 0 Å². The van der Waals surface area contributed by atoms with Crippen LogP contribution in [0.4, 0.5) is 11.4 Å². The van der Waals surface area contributed by atoms with Gasteiger partial charge in [0.2, 0.25) is 5.91 Å². The van der Waals surface area contributed by atoms with Gasteiger partial charge in [-0.2, -0.15) is 0 Å². The lowest BCUT2D eigenvalue weighted by atomic mass is 10.0. The van der Waals surface area contributed by atoms with Crippen LogP contribution in [0.2, 0.25) is 0 Å². The molecular formula is C18H22N2O. The molecule has 0 bridgehead atoms. The molecule has 0 saturated heterocycles. The highest BCUT2D eigenvalue weighted by Gasteiger charge is 2.05. The second kappa shape index (κ2) is 7.48. The van der Waals surface area contributed by atoms with Gasteiger partial charge in [0.25, 0.3) is 0 Å². The fourth-order valence-electron chi connectivity index (χ4n) is 2.13. The molecule has 1 amide bonds. The molecule has 1 unspecified atom stereocenters. The molecule has 1 atom stereocenters. The number of carbonyl (C=O) groups excluding carboxylic acids is 1. The van der Waals surface area contributed by atoms with Crippen molar-refractivity contribution in [3.05, 3.63) is 60.2 Å². The lowest BCUT2D eigenvalue weighted by molar-refractivity contribution is -0.115. The molecule has 3 heteroatoms. The molecule has 0 heterocycles. The van der Waals surface area contributed by atoms with Crippen LogP contribution in [0.25, 0.3) is 0 Å². The zero-order chi connectivity index (χ0) is 15.1. The predicted octanol–water partition coefficient (Wildman–Crippen LogP) is 4.25. The highest BCUT2D eigenvalue weighted by Crippen LogP contribution is 2.19. The van der Waals surface area contributed by atoms with Gasteiger partial charge < -0.3 is 10.6 Å². The van der Waals surface area contributed by atoms with E-state index in [2.05, 4.69) is 41.8 Å². The van der Waals surface area contributed by atoms with Crippen molar-refractivity contribution in [2.24, 2.45) is 0 Å². The summed E-state index contributed by atoms with van der Waals surface area (Å²) in [7, 11) is 0. The monoisotopic (exact) mass is 282 g/mol. The maximum atomic E-state index is 11.4. The fraction of sp³-hybridized carbons (Fsp3) is 0.278. The Bertz CT molecular complexity index is 581. The molecule has 2 aromatic carbocycles. The van der Waals surface area contributed by atoms with E-state index in [-0.39, 0.29) is 5.91 Å². The summed E-state index contributed by atoms with van der Waals surface area (Å²) < 4.78 is 0. The highest BCUT2D eigenvalue weighted by atomic mass is 16.1. The largest absolute Gasteiger partial charge is 0.384 e. The average molecular weight is 282 g/mol. The smallest absolute Gasteiger partial charge is 0.224 e. The fourth-order valence-corrected chi connectivity index (χ4v) is 2.13. The Labute approximate surface area is 126 Å². The van der Waals surface area contributed by atoms with Crippen molar-refractivity contribution in [3.8, 4) is 0 Å². The second-order valence-electron chi connectivity index (χ2n) is 5.18. The van der Waals surface area contributed by atoms with E-state index in [0.29, 0.717) is 12.3 Å². The summed E-state index contributed by atoms with van der Waals surface area (Å²) in [6.45, 7) is 4.90. The van der Waals surface area contributed by atoms with Gasteiger partial charge in [-0.3, -0.25) is 4.79 Å². The first-order valence-corrected chi connectivity index (χ1v) is 7.37. The minimum Gasteiger partial charge on any atom is -0.384 e. The summed E-state index contributed by atoms with van der Waals surface area (Å²) in [5, 5.41) is 6.30. The maximum Gasteiger partial charge on any atom is 0.224 e. The zero-order valence-electron chi connectivity index (χ0n) is 12.6. The zero-order valence-corrected chi connectivity index (χ0v) is 12.6. The first kappa shape index (κ1) is 15.1. The molecular weight excluding hydrogens is 260 g/mol. The quantitative estimate of drug-likeness (QED) is 0.831. The molecule has 2 rings (SSSR count). The summed E-state index contributed by atoms with van der Waals surface area (Å²) in [4.78, 5) is 11.4. The van der Waals surface area contributed by atoms with E-state index in [0.717, 1.165) is 17.9 Å². The molecule has 0 spiro atoms. The van der Waals surface area contributed by atoms with Crippen LogP contribution in [-0.2, 0) is 4.79 Å². The number of benzene rings is 2. The van der Waals surface area contributed by atoms with Crippen molar-refractivity contribution in [1.82, 2.24) is 0 Å². The molecule has 0 aliphatic carbocycles. The van der Waals surface area contributed by atoms with Gasteiger partial charge in [-0.15, -0.1) is 0 Å². The minimum absolute atomic E-state index is 0.0322. The minimum atomic E-state index is 0.0322. The van der Waals surface area contributed by atoms with E-state index >= 15 is 0 Å². The molecule has 0 aliphatic heterocycles. The maximum absolute atomic E-state index is 11.4. The second-order valence-corrected chi connectivity index (χ2v) is 5.18. The Morgan fingerprint density at radius 3 is 2.48 bits per heavy atom. The van der Waals surface area contributed by atoms with Gasteiger partial charge in [0.1, 0.15) is 0 Å². The SMILES string of the molecule is CCC(=O)Nc1cccc(NCC(C)c2ccccc2)c1. The van der Waals surface area contributed by atoms with Gasteiger partial charge in [0.05, 0.1) is 0 Å². The predicted molar refractivity (Wildman–Crippen MR) is 88.7 cm³/mol. The van der Waals surface area contributed by atoms with Crippen LogP contribution in [0.1, 0.15) is 31.7 Å². The Hall–Kier alpha value is -2.29. The molecule has 3 nitrogen and oxygen atoms in total. The third-order valence-corrected chi connectivity index (χ3v) is 3.45. The van der Waals surface area contributed by atoms with Crippen molar-refractivity contribution in [2.75, 3.05) is 17.2 Å². The van der Waals surface area contributed by atoms with E-state index in [9.17, 15) is 4.79 Å². The topological polar surface area (TPSA) is 41.1 Å². The van der Waals surface area contributed by atoms with Crippen LogP contribution in [0.15, 0.2) is 54.6 Å². The molecule has 2 N–H and O–H groups in total. The number of rotatable bonds is 6. The lowest BCUT2D eigenvalue weighted by Gasteiger charge is -2.14. The molecule has 0 radical (unpaired) electrons. The standard InChI is InChI=1S/C18H22N2O/c1-3-18(21)20-17-11-7-10-16(12-17)19-13-14(2)15-8-5-4-6-9-15/h4-12,14,19H,3,13H2,1-2H3,(H,20,21). The molecule has 0 fully saturated rings. The van der Waals surface area contributed by atoms with E-state index < -0.39 is 0 Å². The summed E-state index contributed by atoms with van der Waals surface area (Å²) in [5.41, 5.74) is 3.17. The number of carbonyl (C=O) groups is 1. The number of amides is 1. The molecule has 0 saturated carbocycles. The number of hydrogen-bond donors (Lipinski definition) is 2.